The largest absolute Gasteiger partial charge is 0.335 e. The molecule has 0 radical (unpaired) electrons. The molecule has 5 heteroatoms. The zero-order chi connectivity index (χ0) is 39.0. The lowest BCUT2D eigenvalue weighted by molar-refractivity contribution is 0.987. The predicted molar refractivity (Wildman–Crippen MR) is 256 cm³/mol. The Kier molecular flexibility index (Phi) is 8.00. The fourth-order valence-electron chi connectivity index (χ4n) is 9.57. The molecule has 12 rings (SSSR count). The van der Waals surface area contributed by atoms with Gasteiger partial charge in [0.25, 0.3) is 0 Å². The first-order chi connectivity index (χ1) is 29.2. The van der Waals surface area contributed by atoms with Crippen LogP contribution in [-0.2, 0) is 6.42 Å². The van der Waals surface area contributed by atoms with E-state index in [2.05, 4.69) is 169 Å². The minimum atomic E-state index is 0.781. The van der Waals surface area contributed by atoms with E-state index < -0.39 is 0 Å². The lowest BCUT2D eigenvalue weighted by Gasteiger charge is -2.25. The topological polar surface area (TPSA) is 29.0 Å². The second-order valence-electron chi connectivity index (χ2n) is 15.5. The number of allylic oxidation sites excluding steroid dienone is 5. The highest BCUT2D eigenvalue weighted by Gasteiger charge is 2.34. The number of rotatable bonds is 6. The summed E-state index contributed by atoms with van der Waals surface area (Å²) in [5.74, 6) is 0. The SMILES string of the molecule is C=CC/C=C\C=C1/CN(c2ccc(-c3nc4c(nc3-c3ccccc3)sc3ccccc34)c3ccccc23)c2c1c1c(c3c2sc2ccc4ccccc4c23)C=CCC1. The van der Waals surface area contributed by atoms with Crippen LogP contribution in [0.3, 0.4) is 0 Å². The minimum Gasteiger partial charge on any atom is -0.335 e. The third-order valence-corrected chi connectivity index (χ3v) is 14.4. The average Bonchev–Trinajstić information content (AvgIpc) is 3.99. The van der Waals surface area contributed by atoms with Crippen LogP contribution in [0.2, 0.25) is 0 Å². The monoisotopic (exact) mass is 791 g/mol. The van der Waals surface area contributed by atoms with E-state index in [1.807, 2.05) is 17.4 Å². The van der Waals surface area contributed by atoms with Gasteiger partial charge < -0.3 is 4.90 Å². The van der Waals surface area contributed by atoms with Gasteiger partial charge in [-0.05, 0) is 70.3 Å². The Morgan fingerprint density at radius 1 is 0.695 bits per heavy atom. The van der Waals surface area contributed by atoms with Crippen LogP contribution in [0.1, 0.15) is 29.5 Å². The number of thiophene rings is 2. The highest BCUT2D eigenvalue weighted by molar-refractivity contribution is 7.26. The maximum atomic E-state index is 5.53. The molecule has 0 saturated heterocycles. The van der Waals surface area contributed by atoms with Gasteiger partial charge in [-0.1, -0.05) is 146 Å². The Morgan fingerprint density at radius 2 is 1.49 bits per heavy atom. The average molecular weight is 792 g/mol. The van der Waals surface area contributed by atoms with Gasteiger partial charge in [-0.2, -0.15) is 0 Å². The summed E-state index contributed by atoms with van der Waals surface area (Å²) in [7, 11) is 0. The molecule has 0 N–H and O–H groups in total. The van der Waals surface area contributed by atoms with Crippen LogP contribution in [0.25, 0.3) is 96.3 Å². The van der Waals surface area contributed by atoms with Crippen molar-refractivity contribution in [1.29, 1.82) is 0 Å². The summed E-state index contributed by atoms with van der Waals surface area (Å²) in [4.78, 5) is 14.5. The summed E-state index contributed by atoms with van der Waals surface area (Å²) in [5.41, 5.74) is 13.1. The zero-order valence-corrected chi connectivity index (χ0v) is 33.9. The van der Waals surface area contributed by atoms with Crippen molar-refractivity contribution in [1.82, 2.24) is 9.97 Å². The molecule has 0 saturated carbocycles. The van der Waals surface area contributed by atoms with Crippen molar-refractivity contribution in [2.75, 3.05) is 11.4 Å². The molecular formula is C54H37N3S2. The fraction of sp³-hybridized carbons (Fsp3) is 0.0741. The summed E-state index contributed by atoms with van der Waals surface area (Å²) >= 11 is 3.66. The van der Waals surface area contributed by atoms with Gasteiger partial charge in [0.2, 0.25) is 0 Å². The second-order valence-corrected chi connectivity index (χ2v) is 17.6. The third kappa shape index (κ3) is 5.32. The number of aromatic nitrogens is 2. The molecule has 3 nitrogen and oxygen atoms in total. The zero-order valence-electron chi connectivity index (χ0n) is 32.3. The Morgan fingerprint density at radius 3 is 2.37 bits per heavy atom. The molecule has 1 aliphatic heterocycles. The summed E-state index contributed by atoms with van der Waals surface area (Å²) < 4.78 is 3.89. The molecular weight excluding hydrogens is 755 g/mol. The van der Waals surface area contributed by atoms with Crippen molar-refractivity contribution >= 4 is 108 Å². The highest BCUT2D eigenvalue weighted by atomic mass is 32.1. The number of fused-ring (bicyclic) bond motifs is 14. The van der Waals surface area contributed by atoms with Gasteiger partial charge in [0, 0.05) is 59.9 Å². The van der Waals surface area contributed by atoms with Gasteiger partial charge in [-0.25, -0.2) is 9.97 Å². The van der Waals surface area contributed by atoms with Gasteiger partial charge in [0.1, 0.15) is 10.3 Å². The van der Waals surface area contributed by atoms with E-state index in [0.717, 1.165) is 64.1 Å². The van der Waals surface area contributed by atoms with E-state index in [1.54, 1.807) is 11.3 Å². The van der Waals surface area contributed by atoms with Crippen LogP contribution in [0.15, 0.2) is 164 Å². The minimum absolute atomic E-state index is 0.781. The summed E-state index contributed by atoms with van der Waals surface area (Å²) in [5, 5.41) is 8.89. The lowest BCUT2D eigenvalue weighted by Crippen LogP contribution is -2.14. The van der Waals surface area contributed by atoms with Crippen LogP contribution >= 0.6 is 22.7 Å². The molecule has 0 bridgehead atoms. The van der Waals surface area contributed by atoms with E-state index in [-0.39, 0.29) is 0 Å². The molecule has 0 unspecified atom stereocenters. The first-order valence-electron chi connectivity index (χ1n) is 20.4. The molecule has 10 aromatic rings. The molecule has 0 fully saturated rings. The maximum absolute atomic E-state index is 5.53. The van der Waals surface area contributed by atoms with Crippen molar-refractivity contribution in [2.45, 2.75) is 19.3 Å². The first-order valence-corrected chi connectivity index (χ1v) is 22.0. The van der Waals surface area contributed by atoms with Crippen LogP contribution in [-0.4, -0.2) is 16.5 Å². The van der Waals surface area contributed by atoms with Crippen molar-refractivity contribution < 1.29 is 0 Å². The number of anilines is 2. The molecule has 280 valence electrons. The Bertz CT molecular complexity index is 3470. The molecule has 59 heavy (non-hydrogen) atoms. The number of hydrogen-bond acceptors (Lipinski definition) is 5. The van der Waals surface area contributed by atoms with E-state index in [4.69, 9.17) is 9.97 Å². The fourth-order valence-corrected chi connectivity index (χ4v) is 11.9. The van der Waals surface area contributed by atoms with E-state index in [0.29, 0.717) is 0 Å². The van der Waals surface area contributed by atoms with E-state index in [9.17, 15) is 0 Å². The van der Waals surface area contributed by atoms with Crippen molar-refractivity contribution in [3.05, 3.63) is 181 Å². The maximum Gasteiger partial charge on any atom is 0.143 e. The Balaban J connectivity index is 1.14. The van der Waals surface area contributed by atoms with Crippen LogP contribution in [0, 0.1) is 0 Å². The van der Waals surface area contributed by atoms with Gasteiger partial charge in [0.05, 0.1) is 21.8 Å². The van der Waals surface area contributed by atoms with Crippen LogP contribution < -0.4 is 4.90 Å². The van der Waals surface area contributed by atoms with Crippen molar-refractivity contribution in [2.24, 2.45) is 0 Å². The summed E-state index contributed by atoms with van der Waals surface area (Å²) in [6.45, 7) is 4.74. The summed E-state index contributed by atoms with van der Waals surface area (Å²) in [6, 6.07) is 46.1. The van der Waals surface area contributed by atoms with Crippen molar-refractivity contribution in [3.8, 4) is 22.5 Å². The second kappa shape index (κ2) is 13.7. The van der Waals surface area contributed by atoms with Gasteiger partial charge >= 0.3 is 0 Å². The highest BCUT2D eigenvalue weighted by Crippen LogP contribution is 2.56. The third-order valence-electron chi connectivity index (χ3n) is 12.1. The Labute approximate surface area is 350 Å². The molecule has 2 aliphatic rings. The standard InChI is InChI=1S/C54H37N3S2/c1-2-3-4-6-20-35-32-57(52-46(35)39-24-13-14-25-40(39)48-47-36-21-10-9-17-33(36)28-31-45(47)58-53(48)52)43-30-29-41(37-22-11-12-23-38(37)43)50-49(34-18-7-5-8-19-34)56-54-51(55-50)42-26-15-16-27-44(42)59-54/h2,4-12,14-23,25-31H,1,3,13,24,32H2/b6-4-,35-20+. The van der Waals surface area contributed by atoms with Crippen molar-refractivity contribution in [3.63, 3.8) is 0 Å². The normalized spacial score (nSPS) is 14.6. The number of benzene rings is 7. The number of nitrogens with zero attached hydrogens (tertiary/aromatic N) is 3. The lowest BCUT2D eigenvalue weighted by atomic mass is 9.86. The molecule has 0 spiro atoms. The van der Waals surface area contributed by atoms with Gasteiger partial charge in [0.15, 0.2) is 0 Å². The number of hydrogen-bond donors (Lipinski definition) is 0. The van der Waals surface area contributed by atoms with Crippen LogP contribution in [0.4, 0.5) is 11.4 Å². The predicted octanol–water partition coefficient (Wildman–Crippen LogP) is 15.5. The molecule has 4 heterocycles. The molecule has 0 atom stereocenters. The van der Waals surface area contributed by atoms with Gasteiger partial charge in [-0.3, -0.25) is 0 Å². The molecule has 1 aliphatic carbocycles. The molecule has 0 amide bonds. The molecule has 3 aromatic heterocycles. The quantitative estimate of drug-likeness (QED) is 0.157. The van der Waals surface area contributed by atoms with Crippen LogP contribution in [0.5, 0.6) is 0 Å². The Hall–Kier alpha value is -6.66. The summed E-state index contributed by atoms with van der Waals surface area (Å²) in [6.07, 6.45) is 16.4. The van der Waals surface area contributed by atoms with Gasteiger partial charge in [-0.15, -0.1) is 29.3 Å². The van der Waals surface area contributed by atoms with E-state index >= 15 is 0 Å². The smallest absolute Gasteiger partial charge is 0.143 e. The first kappa shape index (κ1) is 34.4. The van der Waals surface area contributed by atoms with E-state index in [1.165, 1.54) is 80.1 Å². The molecule has 7 aromatic carbocycles.